The van der Waals surface area contributed by atoms with Gasteiger partial charge in [0.1, 0.15) is 0 Å². The zero-order valence-electron chi connectivity index (χ0n) is 15.4. The topological polar surface area (TPSA) is 90.8 Å². The summed E-state index contributed by atoms with van der Waals surface area (Å²) in [6, 6.07) is 1.80. The predicted molar refractivity (Wildman–Crippen MR) is 101 cm³/mol. The first-order valence-electron chi connectivity index (χ1n) is 8.44. The molecule has 25 heavy (non-hydrogen) atoms. The SMILES string of the molecule is CN=C(NCCS(=O)(=O)C(C)(C)C)N1CCN(c2ncccn2)CC1. The summed E-state index contributed by atoms with van der Waals surface area (Å²) in [5.41, 5.74) is 0. The van der Waals surface area contributed by atoms with E-state index < -0.39 is 14.6 Å². The van der Waals surface area contributed by atoms with Crippen molar-refractivity contribution in [2.24, 2.45) is 4.99 Å². The minimum atomic E-state index is -3.14. The Bertz CT molecular complexity index is 676. The molecule has 0 aromatic carbocycles. The number of nitrogens with zero attached hydrogens (tertiary/aromatic N) is 5. The van der Waals surface area contributed by atoms with Crippen LogP contribution in [0.4, 0.5) is 5.95 Å². The van der Waals surface area contributed by atoms with Crippen molar-refractivity contribution in [2.45, 2.75) is 25.5 Å². The molecule has 0 bridgehead atoms. The van der Waals surface area contributed by atoms with Gasteiger partial charge in [-0.15, -0.1) is 0 Å². The van der Waals surface area contributed by atoms with Gasteiger partial charge in [0.2, 0.25) is 5.95 Å². The van der Waals surface area contributed by atoms with Crippen molar-refractivity contribution in [3.8, 4) is 0 Å². The summed E-state index contributed by atoms with van der Waals surface area (Å²) in [5.74, 6) is 1.56. The zero-order valence-corrected chi connectivity index (χ0v) is 16.3. The summed E-state index contributed by atoms with van der Waals surface area (Å²) in [7, 11) is -1.42. The van der Waals surface area contributed by atoms with Gasteiger partial charge >= 0.3 is 0 Å². The van der Waals surface area contributed by atoms with Crippen LogP contribution in [0.15, 0.2) is 23.5 Å². The summed E-state index contributed by atoms with van der Waals surface area (Å²) in [6.45, 7) is 8.68. The van der Waals surface area contributed by atoms with E-state index in [-0.39, 0.29) is 5.75 Å². The number of nitrogens with one attached hydrogen (secondary N) is 1. The highest BCUT2D eigenvalue weighted by molar-refractivity contribution is 7.92. The normalized spacial score (nSPS) is 16.9. The first-order chi connectivity index (χ1) is 11.7. The fourth-order valence-electron chi connectivity index (χ4n) is 2.51. The van der Waals surface area contributed by atoms with Crippen molar-refractivity contribution < 1.29 is 8.42 Å². The van der Waals surface area contributed by atoms with E-state index in [0.29, 0.717) is 6.54 Å². The molecule has 2 heterocycles. The van der Waals surface area contributed by atoms with E-state index in [0.717, 1.165) is 38.1 Å². The smallest absolute Gasteiger partial charge is 0.225 e. The standard InChI is InChI=1S/C16H28N6O2S/c1-16(2,3)25(23,24)13-8-20-14(17-4)21-9-11-22(12-10-21)15-18-6-5-7-19-15/h5-7H,8-13H2,1-4H3,(H,17,20). The number of guanidine groups is 1. The summed E-state index contributed by atoms with van der Waals surface area (Å²) in [4.78, 5) is 17.1. The maximum Gasteiger partial charge on any atom is 0.225 e. The number of aliphatic imine (C=N–C) groups is 1. The average Bonchev–Trinajstić information content (AvgIpc) is 2.59. The Morgan fingerprint density at radius 2 is 1.80 bits per heavy atom. The molecule has 1 aliphatic rings. The molecule has 9 heteroatoms. The fraction of sp³-hybridized carbons (Fsp3) is 0.688. The van der Waals surface area contributed by atoms with E-state index in [1.165, 1.54) is 0 Å². The lowest BCUT2D eigenvalue weighted by molar-refractivity contribution is 0.371. The van der Waals surface area contributed by atoms with Crippen molar-refractivity contribution in [3.05, 3.63) is 18.5 Å². The van der Waals surface area contributed by atoms with Gasteiger partial charge in [0.05, 0.1) is 10.5 Å². The number of hydrogen-bond donors (Lipinski definition) is 1. The van der Waals surface area contributed by atoms with Gasteiger partial charge in [0.25, 0.3) is 0 Å². The number of anilines is 1. The molecule has 1 aromatic rings. The Balaban J connectivity index is 1.85. The van der Waals surface area contributed by atoms with Crippen LogP contribution in [0.3, 0.4) is 0 Å². The van der Waals surface area contributed by atoms with Gasteiger partial charge in [-0.2, -0.15) is 0 Å². The van der Waals surface area contributed by atoms with Crippen LogP contribution in [0.1, 0.15) is 20.8 Å². The predicted octanol–water partition coefficient (Wildman–Crippen LogP) is 0.387. The van der Waals surface area contributed by atoms with E-state index in [1.807, 2.05) is 0 Å². The average molecular weight is 369 g/mol. The summed E-state index contributed by atoms with van der Waals surface area (Å²) < 4.78 is 23.6. The van der Waals surface area contributed by atoms with Crippen molar-refractivity contribution in [1.82, 2.24) is 20.2 Å². The van der Waals surface area contributed by atoms with Crippen molar-refractivity contribution in [3.63, 3.8) is 0 Å². The Labute approximate surface area is 150 Å². The molecule has 0 unspecified atom stereocenters. The van der Waals surface area contributed by atoms with Crippen molar-refractivity contribution >= 4 is 21.7 Å². The van der Waals surface area contributed by atoms with E-state index in [9.17, 15) is 8.42 Å². The Morgan fingerprint density at radius 3 is 2.32 bits per heavy atom. The molecule has 1 fully saturated rings. The summed E-state index contributed by atoms with van der Waals surface area (Å²) in [5, 5.41) is 3.17. The third-order valence-corrected chi connectivity index (χ3v) is 6.82. The molecule has 1 aliphatic heterocycles. The van der Waals surface area contributed by atoms with Gasteiger partial charge in [-0.05, 0) is 26.8 Å². The highest BCUT2D eigenvalue weighted by Gasteiger charge is 2.28. The minimum absolute atomic E-state index is 0.0906. The van der Waals surface area contributed by atoms with E-state index in [2.05, 4.69) is 30.1 Å². The molecule has 0 aliphatic carbocycles. The Morgan fingerprint density at radius 1 is 1.20 bits per heavy atom. The molecule has 0 radical (unpaired) electrons. The van der Waals surface area contributed by atoms with Crippen LogP contribution in [0, 0.1) is 0 Å². The largest absolute Gasteiger partial charge is 0.355 e. The second-order valence-corrected chi connectivity index (χ2v) is 9.79. The highest BCUT2D eigenvalue weighted by Crippen LogP contribution is 2.15. The van der Waals surface area contributed by atoms with E-state index in [1.54, 1.807) is 46.3 Å². The van der Waals surface area contributed by atoms with Crippen LogP contribution in [0.5, 0.6) is 0 Å². The molecule has 0 saturated carbocycles. The highest BCUT2D eigenvalue weighted by atomic mass is 32.2. The number of hydrogen-bond acceptors (Lipinski definition) is 6. The number of piperazine rings is 1. The van der Waals surface area contributed by atoms with Crippen LogP contribution >= 0.6 is 0 Å². The van der Waals surface area contributed by atoms with Crippen LogP contribution in [0.25, 0.3) is 0 Å². The van der Waals surface area contributed by atoms with E-state index >= 15 is 0 Å². The quantitative estimate of drug-likeness (QED) is 0.607. The third kappa shape index (κ3) is 5.04. The fourth-order valence-corrected chi connectivity index (χ4v) is 3.49. The molecule has 0 amide bonds. The second kappa shape index (κ2) is 7.99. The van der Waals surface area contributed by atoms with Gasteiger partial charge in [-0.3, -0.25) is 4.99 Å². The first kappa shape index (κ1) is 19.4. The van der Waals surface area contributed by atoms with E-state index in [4.69, 9.17) is 0 Å². The van der Waals surface area contributed by atoms with Crippen molar-refractivity contribution in [2.75, 3.05) is 50.4 Å². The lowest BCUT2D eigenvalue weighted by Crippen LogP contribution is -2.53. The molecule has 1 N–H and O–H groups in total. The molecule has 0 spiro atoms. The van der Waals surface area contributed by atoms with Gasteiger partial charge in [-0.25, -0.2) is 18.4 Å². The first-order valence-corrected chi connectivity index (χ1v) is 10.1. The summed E-state index contributed by atoms with van der Waals surface area (Å²) in [6.07, 6.45) is 3.48. The van der Waals surface area contributed by atoms with Crippen LogP contribution < -0.4 is 10.2 Å². The lowest BCUT2D eigenvalue weighted by Gasteiger charge is -2.36. The number of aromatic nitrogens is 2. The zero-order chi connectivity index (χ0) is 18.5. The van der Waals surface area contributed by atoms with Gasteiger partial charge < -0.3 is 15.1 Å². The third-order valence-electron chi connectivity index (χ3n) is 4.21. The van der Waals surface area contributed by atoms with Gasteiger partial charge in [0, 0.05) is 52.2 Å². The number of sulfone groups is 1. The molecular formula is C16H28N6O2S. The molecule has 140 valence electrons. The summed E-state index contributed by atoms with van der Waals surface area (Å²) >= 11 is 0. The number of rotatable bonds is 4. The molecule has 2 rings (SSSR count). The monoisotopic (exact) mass is 368 g/mol. The maximum absolute atomic E-state index is 12.2. The Kier molecular flexibility index (Phi) is 6.21. The minimum Gasteiger partial charge on any atom is -0.355 e. The lowest BCUT2D eigenvalue weighted by atomic mass is 10.3. The molecular weight excluding hydrogens is 340 g/mol. The second-order valence-electron chi connectivity index (χ2n) is 6.93. The van der Waals surface area contributed by atoms with Gasteiger partial charge in [0.15, 0.2) is 15.8 Å². The van der Waals surface area contributed by atoms with Crippen molar-refractivity contribution in [1.29, 1.82) is 0 Å². The molecule has 0 atom stereocenters. The van der Waals surface area contributed by atoms with Crippen LogP contribution in [-0.2, 0) is 9.84 Å². The maximum atomic E-state index is 12.2. The van der Waals surface area contributed by atoms with Crippen LogP contribution in [0.2, 0.25) is 0 Å². The Hall–Kier alpha value is -1.90. The molecule has 1 aromatic heterocycles. The molecule has 1 saturated heterocycles. The molecule has 8 nitrogen and oxygen atoms in total. The van der Waals surface area contributed by atoms with Gasteiger partial charge in [-0.1, -0.05) is 0 Å². The van der Waals surface area contributed by atoms with Crippen LogP contribution in [-0.4, -0.2) is 79.5 Å².